The molecule has 2 N–H and O–H groups in total. The summed E-state index contributed by atoms with van der Waals surface area (Å²) in [5, 5.41) is 6.41. The summed E-state index contributed by atoms with van der Waals surface area (Å²) in [4.78, 5) is 9.21. The molecule has 9 heteroatoms. The average Bonchev–Trinajstić information content (AvgIpc) is 3.11. The summed E-state index contributed by atoms with van der Waals surface area (Å²) in [5.74, 6) is 1.11. The van der Waals surface area contributed by atoms with Crippen LogP contribution in [0.25, 0.3) is 5.65 Å². The van der Waals surface area contributed by atoms with Gasteiger partial charge in [-0.05, 0) is 31.9 Å². The van der Waals surface area contributed by atoms with E-state index in [4.69, 9.17) is 0 Å². The predicted octanol–water partition coefficient (Wildman–Crippen LogP) is 1.55. The number of halogens is 1. The van der Waals surface area contributed by atoms with E-state index < -0.39 is 9.84 Å². The molecule has 2 aromatic rings. The van der Waals surface area contributed by atoms with E-state index in [0.717, 1.165) is 29.9 Å². The first-order chi connectivity index (χ1) is 12.0. The van der Waals surface area contributed by atoms with Gasteiger partial charge in [0.05, 0.1) is 17.2 Å². The van der Waals surface area contributed by atoms with Crippen LogP contribution in [0.2, 0.25) is 0 Å². The van der Waals surface area contributed by atoms with Gasteiger partial charge in [0.15, 0.2) is 15.8 Å². The monoisotopic (exact) mass is 491 g/mol. The van der Waals surface area contributed by atoms with Crippen LogP contribution in [0.4, 0.5) is 0 Å². The first kappa shape index (κ1) is 20.9. The van der Waals surface area contributed by atoms with Crippen molar-refractivity contribution in [3.63, 3.8) is 0 Å². The molecular weight excluding hydrogens is 465 g/mol. The Labute approximate surface area is 171 Å². The van der Waals surface area contributed by atoms with Crippen molar-refractivity contribution in [1.82, 2.24) is 20.0 Å². The van der Waals surface area contributed by atoms with E-state index in [9.17, 15) is 8.42 Å². The number of aliphatic imine (C=N–C) groups is 1. The molecule has 26 heavy (non-hydrogen) atoms. The standard InChI is InChI=1S/C17H25N5O2S.HI/c1-3-18-17(21-15-7-10-25(23,24)12-15)19-8-6-14-11-22-9-4-5-13(2)16(22)20-14;/h4-5,9,11,15H,3,6-8,10,12H2,1-2H3,(H2,18,19,21);1H. The van der Waals surface area contributed by atoms with E-state index in [1.807, 2.05) is 42.8 Å². The minimum Gasteiger partial charge on any atom is -0.357 e. The number of sulfone groups is 1. The van der Waals surface area contributed by atoms with Crippen molar-refractivity contribution < 1.29 is 8.42 Å². The summed E-state index contributed by atoms with van der Waals surface area (Å²) in [6.07, 6.45) is 5.40. The molecule has 1 saturated heterocycles. The predicted molar refractivity (Wildman–Crippen MR) is 115 cm³/mol. The van der Waals surface area contributed by atoms with Gasteiger partial charge in [0.25, 0.3) is 0 Å². The molecule has 0 bridgehead atoms. The van der Waals surface area contributed by atoms with E-state index in [1.165, 1.54) is 0 Å². The first-order valence-electron chi connectivity index (χ1n) is 8.65. The van der Waals surface area contributed by atoms with Crippen LogP contribution in [-0.2, 0) is 16.3 Å². The number of nitrogens with one attached hydrogen (secondary N) is 2. The van der Waals surface area contributed by atoms with Crippen LogP contribution < -0.4 is 10.6 Å². The highest BCUT2D eigenvalue weighted by atomic mass is 127. The van der Waals surface area contributed by atoms with Crippen molar-refractivity contribution >= 4 is 45.4 Å². The zero-order valence-corrected chi connectivity index (χ0v) is 18.3. The second-order valence-electron chi connectivity index (χ2n) is 6.41. The van der Waals surface area contributed by atoms with Crippen molar-refractivity contribution in [2.24, 2.45) is 4.99 Å². The number of aryl methyl sites for hydroxylation is 1. The van der Waals surface area contributed by atoms with Crippen molar-refractivity contribution in [3.8, 4) is 0 Å². The first-order valence-corrected chi connectivity index (χ1v) is 10.5. The molecule has 0 aliphatic carbocycles. The van der Waals surface area contributed by atoms with Crippen molar-refractivity contribution in [1.29, 1.82) is 0 Å². The van der Waals surface area contributed by atoms with Gasteiger partial charge in [0, 0.05) is 37.9 Å². The number of hydrogen-bond acceptors (Lipinski definition) is 4. The van der Waals surface area contributed by atoms with Gasteiger partial charge in [-0.1, -0.05) is 6.07 Å². The van der Waals surface area contributed by atoms with Crippen LogP contribution in [0, 0.1) is 6.92 Å². The molecule has 7 nitrogen and oxygen atoms in total. The Kier molecular flexibility index (Phi) is 7.27. The van der Waals surface area contributed by atoms with Crippen LogP contribution in [0.5, 0.6) is 0 Å². The minimum absolute atomic E-state index is 0. The van der Waals surface area contributed by atoms with Gasteiger partial charge >= 0.3 is 0 Å². The van der Waals surface area contributed by atoms with E-state index in [1.54, 1.807) is 0 Å². The lowest BCUT2D eigenvalue weighted by atomic mass is 10.3. The number of guanidine groups is 1. The summed E-state index contributed by atoms with van der Waals surface area (Å²) in [6.45, 7) is 5.37. The summed E-state index contributed by atoms with van der Waals surface area (Å²) in [5.41, 5.74) is 3.12. The molecule has 1 fully saturated rings. The summed E-state index contributed by atoms with van der Waals surface area (Å²) >= 11 is 0. The lowest BCUT2D eigenvalue weighted by Crippen LogP contribution is -2.44. The van der Waals surface area contributed by atoms with Gasteiger partial charge in [-0.25, -0.2) is 13.4 Å². The highest BCUT2D eigenvalue weighted by molar-refractivity contribution is 14.0. The SMILES string of the molecule is CCNC(=NCCc1cn2cccc(C)c2n1)NC1CCS(=O)(=O)C1.I. The largest absolute Gasteiger partial charge is 0.357 e. The summed E-state index contributed by atoms with van der Waals surface area (Å²) < 4.78 is 25.2. The Morgan fingerprint density at radius 1 is 1.46 bits per heavy atom. The van der Waals surface area contributed by atoms with Gasteiger partial charge < -0.3 is 15.0 Å². The van der Waals surface area contributed by atoms with Gasteiger partial charge in [-0.3, -0.25) is 4.99 Å². The van der Waals surface area contributed by atoms with E-state index in [2.05, 4.69) is 20.6 Å². The number of hydrogen-bond donors (Lipinski definition) is 2. The molecule has 1 atom stereocenters. The second kappa shape index (κ2) is 9.03. The smallest absolute Gasteiger partial charge is 0.191 e. The summed E-state index contributed by atoms with van der Waals surface area (Å²) in [7, 11) is -2.90. The molecule has 0 amide bonds. The van der Waals surface area contributed by atoms with Crippen LogP contribution in [0.3, 0.4) is 0 Å². The van der Waals surface area contributed by atoms with Crippen LogP contribution in [0.1, 0.15) is 24.6 Å². The molecule has 3 heterocycles. The molecule has 3 rings (SSSR count). The Morgan fingerprint density at radius 3 is 2.92 bits per heavy atom. The Hall–Kier alpha value is -1.36. The van der Waals surface area contributed by atoms with Crippen LogP contribution in [-0.4, -0.2) is 54.4 Å². The van der Waals surface area contributed by atoms with Crippen LogP contribution in [0.15, 0.2) is 29.5 Å². The Balaban J connectivity index is 0.00000243. The molecule has 1 aliphatic rings. The third-order valence-corrected chi connectivity index (χ3v) is 6.05. The third-order valence-electron chi connectivity index (χ3n) is 4.28. The number of rotatable bonds is 5. The molecule has 144 valence electrons. The molecule has 0 aromatic carbocycles. The molecule has 0 saturated carbocycles. The van der Waals surface area contributed by atoms with Gasteiger partial charge in [0.2, 0.25) is 0 Å². The maximum absolute atomic E-state index is 11.6. The quantitative estimate of drug-likeness (QED) is 0.377. The van der Waals surface area contributed by atoms with E-state index in [0.29, 0.717) is 18.9 Å². The highest BCUT2D eigenvalue weighted by Gasteiger charge is 2.28. The fourth-order valence-corrected chi connectivity index (χ4v) is 4.70. The van der Waals surface area contributed by atoms with Crippen molar-refractivity contribution in [2.75, 3.05) is 24.6 Å². The molecule has 1 unspecified atom stereocenters. The normalized spacial score (nSPS) is 19.3. The number of fused-ring (bicyclic) bond motifs is 1. The summed E-state index contributed by atoms with van der Waals surface area (Å²) in [6, 6.07) is 4.00. The Bertz CT molecular complexity index is 878. The molecule has 2 aromatic heterocycles. The van der Waals surface area contributed by atoms with E-state index >= 15 is 0 Å². The fraction of sp³-hybridized carbons (Fsp3) is 0.529. The lowest BCUT2D eigenvalue weighted by molar-refractivity contribution is 0.599. The third kappa shape index (κ3) is 5.32. The average molecular weight is 491 g/mol. The Morgan fingerprint density at radius 2 is 2.27 bits per heavy atom. The van der Waals surface area contributed by atoms with E-state index in [-0.39, 0.29) is 41.5 Å². The zero-order chi connectivity index (χ0) is 17.9. The van der Waals surface area contributed by atoms with Gasteiger partial charge in [-0.2, -0.15) is 0 Å². The molecular formula is C17H26IN5O2S. The van der Waals surface area contributed by atoms with Gasteiger partial charge in [0.1, 0.15) is 5.65 Å². The number of imidazole rings is 1. The number of aromatic nitrogens is 2. The van der Waals surface area contributed by atoms with Crippen molar-refractivity contribution in [2.45, 2.75) is 32.7 Å². The van der Waals surface area contributed by atoms with Crippen LogP contribution >= 0.6 is 24.0 Å². The van der Waals surface area contributed by atoms with Crippen molar-refractivity contribution in [3.05, 3.63) is 35.8 Å². The molecule has 0 radical (unpaired) electrons. The number of nitrogens with zero attached hydrogens (tertiary/aromatic N) is 3. The maximum Gasteiger partial charge on any atom is 0.191 e. The minimum atomic E-state index is -2.90. The molecule has 1 aliphatic heterocycles. The maximum atomic E-state index is 11.6. The fourth-order valence-electron chi connectivity index (χ4n) is 3.03. The molecule has 0 spiro atoms. The topological polar surface area (TPSA) is 87.9 Å². The highest BCUT2D eigenvalue weighted by Crippen LogP contribution is 2.12. The lowest BCUT2D eigenvalue weighted by Gasteiger charge is -2.15. The second-order valence-corrected chi connectivity index (χ2v) is 8.64. The zero-order valence-electron chi connectivity index (χ0n) is 15.1. The van der Waals surface area contributed by atoms with Gasteiger partial charge in [-0.15, -0.1) is 24.0 Å². The number of pyridine rings is 1.